The molecule has 0 spiro atoms. The minimum atomic E-state index is 0.306. The Labute approximate surface area is 109 Å². The van der Waals surface area contributed by atoms with Gasteiger partial charge in [-0.1, -0.05) is 12.8 Å². The Bertz CT molecular complexity index is 364. The van der Waals surface area contributed by atoms with Crippen molar-refractivity contribution >= 4 is 11.3 Å². The number of likely N-dealkylation sites (N-methyl/N-ethyl adjacent to an activating group) is 2. The lowest BCUT2D eigenvalue weighted by molar-refractivity contribution is 0.108. The Balaban J connectivity index is 2.37. The molecule has 0 saturated heterocycles. The molecule has 0 aromatic carbocycles. The molecule has 3 heteroatoms. The molecular weight excluding hydrogens is 228 g/mol. The van der Waals surface area contributed by atoms with Gasteiger partial charge in [0.1, 0.15) is 0 Å². The summed E-state index contributed by atoms with van der Waals surface area (Å²) in [6, 6.07) is 2.76. The highest BCUT2D eigenvalue weighted by Gasteiger charge is 2.43. The van der Waals surface area contributed by atoms with E-state index in [-0.39, 0.29) is 0 Å². The first-order valence-electron chi connectivity index (χ1n) is 6.50. The maximum absolute atomic E-state index is 3.57. The third-order valence-electron chi connectivity index (χ3n) is 4.40. The number of aryl methyl sites for hydroxylation is 1. The van der Waals surface area contributed by atoms with E-state index in [4.69, 9.17) is 0 Å². The van der Waals surface area contributed by atoms with Gasteiger partial charge in [-0.15, -0.1) is 11.3 Å². The van der Waals surface area contributed by atoms with Gasteiger partial charge in [-0.25, -0.2) is 0 Å². The molecule has 1 aromatic heterocycles. The van der Waals surface area contributed by atoms with Crippen LogP contribution in [0.2, 0.25) is 0 Å². The zero-order valence-corrected chi connectivity index (χ0v) is 12.2. The lowest BCUT2D eigenvalue weighted by Crippen LogP contribution is -2.51. The predicted octanol–water partition coefficient (Wildman–Crippen LogP) is 3.19. The average Bonchev–Trinajstić information content (AvgIpc) is 2.91. The largest absolute Gasteiger partial charge is 0.311 e. The molecule has 0 amide bonds. The zero-order chi connectivity index (χ0) is 12.5. The van der Waals surface area contributed by atoms with E-state index in [1.54, 1.807) is 0 Å². The maximum atomic E-state index is 3.57. The quantitative estimate of drug-likeness (QED) is 0.885. The lowest BCUT2D eigenvalue weighted by Gasteiger charge is -2.43. The predicted molar refractivity (Wildman–Crippen MR) is 75.7 cm³/mol. The molecule has 96 valence electrons. The van der Waals surface area contributed by atoms with E-state index in [0.29, 0.717) is 11.6 Å². The molecule has 1 heterocycles. The first-order valence-corrected chi connectivity index (χ1v) is 7.38. The minimum absolute atomic E-state index is 0.306. The molecule has 1 unspecified atom stereocenters. The molecule has 1 fully saturated rings. The zero-order valence-electron chi connectivity index (χ0n) is 11.4. The molecule has 0 aliphatic heterocycles. The van der Waals surface area contributed by atoms with E-state index in [9.17, 15) is 0 Å². The summed E-state index contributed by atoms with van der Waals surface area (Å²) in [5.41, 5.74) is 1.80. The summed E-state index contributed by atoms with van der Waals surface area (Å²) in [5.74, 6) is 0. The smallest absolute Gasteiger partial charge is 0.0515 e. The van der Waals surface area contributed by atoms with Crippen molar-refractivity contribution in [3.05, 3.63) is 21.9 Å². The van der Waals surface area contributed by atoms with Crippen molar-refractivity contribution < 1.29 is 0 Å². The van der Waals surface area contributed by atoms with Gasteiger partial charge in [0, 0.05) is 10.4 Å². The standard InChI is InChI=1S/C14H24N2S/c1-11-12(7-10-17-11)13(15-2)14(16(3)4)8-5-6-9-14/h7,10,13,15H,5-6,8-9H2,1-4H3. The SMILES string of the molecule is CNC(c1ccsc1C)C1(N(C)C)CCCC1. The fraction of sp³-hybridized carbons (Fsp3) is 0.714. The van der Waals surface area contributed by atoms with Gasteiger partial charge in [0.15, 0.2) is 0 Å². The normalized spacial score (nSPS) is 21.0. The molecule has 1 N–H and O–H groups in total. The summed E-state index contributed by atoms with van der Waals surface area (Å²) in [4.78, 5) is 3.90. The van der Waals surface area contributed by atoms with Gasteiger partial charge in [-0.3, -0.25) is 0 Å². The number of thiophene rings is 1. The summed E-state index contributed by atoms with van der Waals surface area (Å²) in [5, 5.41) is 5.79. The van der Waals surface area contributed by atoms with Crippen LogP contribution in [-0.2, 0) is 0 Å². The topological polar surface area (TPSA) is 15.3 Å². The minimum Gasteiger partial charge on any atom is -0.311 e. The molecule has 1 aliphatic carbocycles. The molecule has 2 rings (SSSR count). The van der Waals surface area contributed by atoms with Crippen LogP contribution in [0.3, 0.4) is 0 Å². The van der Waals surface area contributed by atoms with E-state index in [1.165, 1.54) is 36.1 Å². The second-order valence-corrected chi connectivity index (χ2v) is 6.48. The summed E-state index contributed by atoms with van der Waals surface area (Å²) < 4.78 is 0. The molecule has 0 radical (unpaired) electrons. The Hall–Kier alpha value is -0.380. The van der Waals surface area contributed by atoms with Crippen molar-refractivity contribution in [2.75, 3.05) is 21.1 Å². The molecule has 2 nitrogen and oxygen atoms in total. The van der Waals surface area contributed by atoms with Gasteiger partial charge in [0.2, 0.25) is 0 Å². The van der Waals surface area contributed by atoms with Crippen LogP contribution in [0, 0.1) is 6.92 Å². The van der Waals surface area contributed by atoms with Gasteiger partial charge < -0.3 is 10.2 Å². The van der Waals surface area contributed by atoms with Gasteiger partial charge in [-0.2, -0.15) is 0 Å². The fourth-order valence-electron chi connectivity index (χ4n) is 3.39. The first kappa shape index (κ1) is 13.1. The molecule has 1 aliphatic rings. The van der Waals surface area contributed by atoms with Gasteiger partial charge in [0.05, 0.1) is 6.04 Å². The van der Waals surface area contributed by atoms with E-state index >= 15 is 0 Å². The Kier molecular flexibility index (Phi) is 3.91. The molecular formula is C14H24N2S. The van der Waals surface area contributed by atoms with Crippen molar-refractivity contribution in [2.45, 2.75) is 44.2 Å². The second kappa shape index (κ2) is 5.09. The third kappa shape index (κ3) is 2.16. The lowest BCUT2D eigenvalue weighted by atomic mass is 9.82. The van der Waals surface area contributed by atoms with Crippen molar-refractivity contribution in [3.63, 3.8) is 0 Å². The Morgan fingerprint density at radius 2 is 2.00 bits per heavy atom. The number of nitrogens with one attached hydrogen (secondary N) is 1. The molecule has 1 saturated carbocycles. The van der Waals surface area contributed by atoms with Crippen molar-refractivity contribution in [1.29, 1.82) is 0 Å². The number of hydrogen-bond donors (Lipinski definition) is 1. The number of rotatable bonds is 4. The van der Waals surface area contributed by atoms with E-state index in [0.717, 1.165) is 0 Å². The van der Waals surface area contributed by atoms with E-state index in [1.807, 2.05) is 11.3 Å². The van der Waals surface area contributed by atoms with Crippen LogP contribution < -0.4 is 5.32 Å². The highest BCUT2D eigenvalue weighted by Crippen LogP contribution is 2.44. The van der Waals surface area contributed by atoms with Crippen LogP contribution in [0.25, 0.3) is 0 Å². The van der Waals surface area contributed by atoms with Gasteiger partial charge in [-0.05, 0) is 57.9 Å². The van der Waals surface area contributed by atoms with Crippen molar-refractivity contribution in [1.82, 2.24) is 10.2 Å². The van der Waals surface area contributed by atoms with Crippen molar-refractivity contribution in [3.8, 4) is 0 Å². The van der Waals surface area contributed by atoms with Crippen LogP contribution in [0.1, 0.15) is 42.2 Å². The highest BCUT2D eigenvalue weighted by atomic mass is 32.1. The first-order chi connectivity index (χ1) is 8.12. The average molecular weight is 252 g/mol. The van der Waals surface area contributed by atoms with E-state index in [2.05, 4.69) is 49.7 Å². The molecule has 0 bridgehead atoms. The van der Waals surface area contributed by atoms with Crippen LogP contribution in [0.5, 0.6) is 0 Å². The van der Waals surface area contributed by atoms with Crippen LogP contribution in [0.4, 0.5) is 0 Å². The van der Waals surface area contributed by atoms with Gasteiger partial charge in [0.25, 0.3) is 0 Å². The van der Waals surface area contributed by atoms with Crippen LogP contribution in [0.15, 0.2) is 11.4 Å². The Morgan fingerprint density at radius 1 is 1.35 bits per heavy atom. The number of nitrogens with zero attached hydrogens (tertiary/aromatic N) is 1. The third-order valence-corrected chi connectivity index (χ3v) is 5.26. The summed E-state index contributed by atoms with van der Waals surface area (Å²) in [6.45, 7) is 2.24. The summed E-state index contributed by atoms with van der Waals surface area (Å²) >= 11 is 1.86. The fourth-order valence-corrected chi connectivity index (χ4v) is 4.13. The molecule has 1 aromatic rings. The van der Waals surface area contributed by atoms with Crippen LogP contribution >= 0.6 is 11.3 Å². The monoisotopic (exact) mass is 252 g/mol. The van der Waals surface area contributed by atoms with Crippen molar-refractivity contribution in [2.24, 2.45) is 0 Å². The molecule has 1 atom stereocenters. The summed E-state index contributed by atoms with van der Waals surface area (Å²) in [6.07, 6.45) is 5.33. The maximum Gasteiger partial charge on any atom is 0.0515 e. The highest BCUT2D eigenvalue weighted by molar-refractivity contribution is 7.10. The Morgan fingerprint density at radius 3 is 2.41 bits per heavy atom. The van der Waals surface area contributed by atoms with Gasteiger partial charge >= 0.3 is 0 Å². The van der Waals surface area contributed by atoms with Crippen LogP contribution in [-0.4, -0.2) is 31.6 Å². The summed E-state index contributed by atoms with van der Waals surface area (Å²) in [7, 11) is 6.57. The number of hydrogen-bond acceptors (Lipinski definition) is 3. The van der Waals surface area contributed by atoms with E-state index < -0.39 is 0 Å². The second-order valence-electron chi connectivity index (χ2n) is 5.36. The molecule has 17 heavy (non-hydrogen) atoms.